The van der Waals surface area contributed by atoms with Gasteiger partial charge in [-0.05, 0) is 80.3 Å². The maximum Gasteiger partial charge on any atom is 0.334 e. The van der Waals surface area contributed by atoms with Crippen LogP contribution in [0.4, 0.5) is 0 Å². The molecule has 5 nitrogen and oxygen atoms in total. The molecule has 1 saturated carbocycles. The van der Waals surface area contributed by atoms with Crippen LogP contribution in [-0.2, 0) is 16.0 Å². The van der Waals surface area contributed by atoms with E-state index >= 15 is 0 Å². The summed E-state index contributed by atoms with van der Waals surface area (Å²) in [4.78, 5) is 23.8. The Hall–Kier alpha value is -1.88. The lowest BCUT2D eigenvalue weighted by Crippen LogP contribution is -2.45. The third kappa shape index (κ3) is 6.56. The lowest BCUT2D eigenvalue weighted by atomic mass is 9.68. The molecule has 5 heteroatoms. The van der Waals surface area contributed by atoms with Gasteiger partial charge in [0.15, 0.2) is 0 Å². The summed E-state index contributed by atoms with van der Waals surface area (Å²) in [6.07, 6.45) is 7.63. The normalized spacial score (nSPS) is 21.2. The van der Waals surface area contributed by atoms with Crippen molar-refractivity contribution in [1.82, 2.24) is 10.6 Å². The van der Waals surface area contributed by atoms with Crippen molar-refractivity contribution in [3.8, 4) is 5.75 Å². The summed E-state index contributed by atoms with van der Waals surface area (Å²) in [6.45, 7) is 8.37. The van der Waals surface area contributed by atoms with Crippen molar-refractivity contribution in [3.63, 3.8) is 0 Å². The topological polar surface area (TPSA) is 67.4 Å². The van der Waals surface area contributed by atoms with Crippen LogP contribution in [0.15, 0.2) is 18.2 Å². The number of fused-ring (bicyclic) bond motifs is 3. The van der Waals surface area contributed by atoms with Gasteiger partial charge in [-0.1, -0.05) is 39.7 Å². The first kappa shape index (κ1) is 23.4. The SMILES string of the molecule is CC(=O)NC(C(=O)Oc1ccc2c(c1)C1CCCCC1CC2)C(C)C.CCNC. The van der Waals surface area contributed by atoms with Gasteiger partial charge >= 0.3 is 5.97 Å². The minimum atomic E-state index is -0.615. The molecule has 3 rings (SSSR count). The number of hydrogen-bond acceptors (Lipinski definition) is 4. The standard InChI is InChI=1S/C21H29NO3.C3H9N/c1-13(2)20(22-14(3)23)21(24)25-17-11-10-16-9-8-15-6-4-5-7-18(15)19(16)12-17;1-3-4-2/h10-13,15,18,20H,4-9H2,1-3H3,(H,22,23);4H,3H2,1-2H3. The Morgan fingerprint density at radius 2 is 1.86 bits per heavy atom. The van der Waals surface area contributed by atoms with Gasteiger partial charge in [0.1, 0.15) is 11.8 Å². The van der Waals surface area contributed by atoms with Crippen LogP contribution in [0.2, 0.25) is 0 Å². The van der Waals surface area contributed by atoms with E-state index in [4.69, 9.17) is 4.74 Å². The molecule has 2 aliphatic rings. The second-order valence-electron chi connectivity index (χ2n) is 8.60. The summed E-state index contributed by atoms with van der Waals surface area (Å²) in [5.41, 5.74) is 2.78. The van der Waals surface area contributed by atoms with Crippen molar-refractivity contribution in [1.29, 1.82) is 0 Å². The van der Waals surface area contributed by atoms with Crippen LogP contribution in [0.25, 0.3) is 0 Å². The zero-order valence-corrected chi connectivity index (χ0v) is 18.7. The van der Waals surface area contributed by atoms with E-state index in [1.807, 2.05) is 27.0 Å². The van der Waals surface area contributed by atoms with E-state index < -0.39 is 6.04 Å². The molecular weight excluding hydrogens is 364 g/mol. The van der Waals surface area contributed by atoms with Crippen molar-refractivity contribution < 1.29 is 14.3 Å². The lowest BCUT2D eigenvalue weighted by Gasteiger charge is -2.37. The summed E-state index contributed by atoms with van der Waals surface area (Å²) < 4.78 is 5.63. The van der Waals surface area contributed by atoms with Gasteiger partial charge in [-0.3, -0.25) is 4.79 Å². The monoisotopic (exact) mass is 402 g/mol. The Morgan fingerprint density at radius 1 is 1.17 bits per heavy atom. The Bertz CT molecular complexity index is 685. The van der Waals surface area contributed by atoms with Crippen molar-refractivity contribution in [2.24, 2.45) is 11.8 Å². The average Bonchev–Trinajstić information content (AvgIpc) is 2.71. The number of carbonyl (C=O) groups is 2. The van der Waals surface area contributed by atoms with Crippen LogP contribution in [-0.4, -0.2) is 31.5 Å². The van der Waals surface area contributed by atoms with Crippen molar-refractivity contribution in [3.05, 3.63) is 29.3 Å². The molecule has 0 radical (unpaired) electrons. The lowest BCUT2D eigenvalue weighted by molar-refractivity contribution is -0.140. The van der Waals surface area contributed by atoms with Crippen molar-refractivity contribution in [2.75, 3.05) is 13.6 Å². The highest BCUT2D eigenvalue weighted by Crippen LogP contribution is 2.45. The Labute approximate surface area is 176 Å². The minimum absolute atomic E-state index is 0.0169. The van der Waals surface area contributed by atoms with Gasteiger partial charge in [0, 0.05) is 6.92 Å². The van der Waals surface area contributed by atoms with Crippen molar-refractivity contribution in [2.45, 2.75) is 78.2 Å². The quantitative estimate of drug-likeness (QED) is 0.572. The van der Waals surface area contributed by atoms with E-state index in [1.54, 1.807) is 0 Å². The molecule has 0 bridgehead atoms. The van der Waals surface area contributed by atoms with Gasteiger partial charge in [-0.25, -0.2) is 4.79 Å². The van der Waals surface area contributed by atoms with E-state index in [2.05, 4.69) is 29.7 Å². The molecule has 0 aromatic heterocycles. The Kier molecular flexibility index (Phi) is 9.15. The predicted molar refractivity (Wildman–Crippen MR) is 117 cm³/mol. The molecule has 0 spiro atoms. The highest BCUT2D eigenvalue weighted by atomic mass is 16.5. The largest absolute Gasteiger partial charge is 0.425 e. The van der Waals surface area contributed by atoms with Gasteiger partial charge in [0.2, 0.25) is 5.91 Å². The number of rotatable bonds is 5. The zero-order chi connectivity index (χ0) is 21.4. The summed E-state index contributed by atoms with van der Waals surface area (Å²) >= 11 is 0. The molecule has 3 atom stereocenters. The van der Waals surface area contributed by atoms with Gasteiger partial charge in [-0.2, -0.15) is 0 Å². The van der Waals surface area contributed by atoms with E-state index in [0.717, 1.165) is 18.9 Å². The number of aryl methyl sites for hydroxylation is 1. The van der Waals surface area contributed by atoms with Crippen LogP contribution in [0.3, 0.4) is 0 Å². The minimum Gasteiger partial charge on any atom is -0.425 e. The summed E-state index contributed by atoms with van der Waals surface area (Å²) in [7, 11) is 1.93. The van der Waals surface area contributed by atoms with Gasteiger partial charge in [0.25, 0.3) is 0 Å². The van der Waals surface area contributed by atoms with Crippen LogP contribution >= 0.6 is 0 Å². The molecule has 1 fully saturated rings. The molecule has 0 heterocycles. The Morgan fingerprint density at radius 3 is 2.48 bits per heavy atom. The third-order valence-corrected chi connectivity index (χ3v) is 6.06. The maximum atomic E-state index is 12.5. The fourth-order valence-corrected chi connectivity index (χ4v) is 4.41. The molecule has 0 aliphatic heterocycles. The van der Waals surface area contributed by atoms with E-state index in [1.165, 1.54) is 50.2 Å². The number of nitrogens with one attached hydrogen (secondary N) is 2. The molecule has 1 amide bonds. The second-order valence-corrected chi connectivity index (χ2v) is 8.60. The summed E-state index contributed by atoms with van der Waals surface area (Å²) in [5.74, 6) is 1.39. The van der Waals surface area contributed by atoms with Gasteiger partial charge in [-0.15, -0.1) is 0 Å². The molecule has 2 aliphatic carbocycles. The smallest absolute Gasteiger partial charge is 0.334 e. The average molecular weight is 403 g/mol. The fraction of sp³-hybridized carbons (Fsp3) is 0.667. The van der Waals surface area contributed by atoms with Gasteiger partial charge in [0.05, 0.1) is 0 Å². The first-order valence-corrected chi connectivity index (χ1v) is 11.1. The molecule has 29 heavy (non-hydrogen) atoms. The second kappa shape index (κ2) is 11.3. The predicted octanol–water partition coefficient (Wildman–Crippen LogP) is 4.20. The number of benzene rings is 1. The summed E-state index contributed by atoms with van der Waals surface area (Å²) in [5, 5.41) is 5.62. The molecule has 162 valence electrons. The molecule has 2 N–H and O–H groups in total. The third-order valence-electron chi connectivity index (χ3n) is 6.06. The van der Waals surface area contributed by atoms with Crippen molar-refractivity contribution >= 4 is 11.9 Å². The fourth-order valence-electron chi connectivity index (χ4n) is 4.41. The molecule has 3 unspecified atom stereocenters. The van der Waals surface area contributed by atoms with E-state index in [9.17, 15) is 9.59 Å². The number of carbonyl (C=O) groups excluding carboxylic acids is 2. The zero-order valence-electron chi connectivity index (χ0n) is 18.7. The number of esters is 1. The number of hydrogen-bond donors (Lipinski definition) is 2. The van der Waals surface area contributed by atoms with Gasteiger partial charge < -0.3 is 15.4 Å². The highest BCUT2D eigenvalue weighted by molar-refractivity contribution is 5.84. The number of ether oxygens (including phenoxy) is 1. The molecule has 1 aromatic carbocycles. The first-order chi connectivity index (χ1) is 13.9. The molecule has 0 saturated heterocycles. The number of amides is 1. The Balaban J connectivity index is 0.000000687. The van der Waals surface area contributed by atoms with E-state index in [-0.39, 0.29) is 17.8 Å². The first-order valence-electron chi connectivity index (χ1n) is 11.1. The summed E-state index contributed by atoms with van der Waals surface area (Å²) in [6, 6.07) is 5.47. The van der Waals surface area contributed by atoms with Crippen LogP contribution in [0, 0.1) is 11.8 Å². The molecular formula is C24H38N2O3. The maximum absolute atomic E-state index is 12.5. The van der Waals surface area contributed by atoms with Crippen LogP contribution in [0.5, 0.6) is 5.75 Å². The highest BCUT2D eigenvalue weighted by Gasteiger charge is 2.32. The van der Waals surface area contributed by atoms with E-state index in [0.29, 0.717) is 11.7 Å². The van der Waals surface area contributed by atoms with Crippen LogP contribution < -0.4 is 15.4 Å². The molecule has 1 aromatic rings. The van der Waals surface area contributed by atoms with Crippen LogP contribution in [0.1, 0.15) is 76.8 Å².